The first-order chi connectivity index (χ1) is 10.1. The molecule has 0 unspecified atom stereocenters. The first-order valence-electron chi connectivity index (χ1n) is 7.10. The van der Waals surface area contributed by atoms with Crippen LogP contribution in [0.15, 0.2) is 30.9 Å². The number of aromatic nitrogens is 4. The van der Waals surface area contributed by atoms with Crippen LogP contribution < -0.4 is 5.32 Å². The summed E-state index contributed by atoms with van der Waals surface area (Å²) in [6.07, 6.45) is 6.14. The predicted molar refractivity (Wildman–Crippen MR) is 79.3 cm³/mol. The molecule has 2 aromatic heterocycles. The molecule has 6 nitrogen and oxygen atoms in total. The number of pyridine rings is 1. The second kappa shape index (κ2) is 6.97. The fourth-order valence-electron chi connectivity index (χ4n) is 2.17. The summed E-state index contributed by atoms with van der Waals surface area (Å²) >= 11 is 0. The smallest absolute Gasteiger partial charge is 0.220 e. The van der Waals surface area contributed by atoms with E-state index < -0.39 is 0 Å². The van der Waals surface area contributed by atoms with Gasteiger partial charge in [0.2, 0.25) is 5.91 Å². The van der Waals surface area contributed by atoms with Crippen LogP contribution in [0.4, 0.5) is 0 Å². The summed E-state index contributed by atoms with van der Waals surface area (Å²) in [6, 6.07) is 3.73. The van der Waals surface area contributed by atoms with Crippen molar-refractivity contribution in [2.75, 3.05) is 0 Å². The van der Waals surface area contributed by atoms with Crippen LogP contribution in [0, 0.1) is 5.92 Å². The molecule has 0 aliphatic heterocycles. The van der Waals surface area contributed by atoms with Crippen LogP contribution in [0.1, 0.15) is 37.7 Å². The van der Waals surface area contributed by atoms with E-state index in [9.17, 15) is 4.79 Å². The van der Waals surface area contributed by atoms with Gasteiger partial charge in [-0.2, -0.15) is 5.10 Å². The Kier molecular flexibility index (Phi) is 5.03. The highest BCUT2D eigenvalue weighted by Crippen LogP contribution is 2.19. The maximum Gasteiger partial charge on any atom is 0.220 e. The Hall–Kier alpha value is -2.24. The summed E-state index contributed by atoms with van der Waals surface area (Å²) in [6.45, 7) is 4.12. The highest BCUT2D eigenvalue weighted by atomic mass is 16.1. The Morgan fingerprint density at radius 1 is 1.33 bits per heavy atom. The first kappa shape index (κ1) is 15.2. The molecule has 2 rings (SSSR count). The third-order valence-electron chi connectivity index (χ3n) is 3.40. The largest absolute Gasteiger partial charge is 0.346 e. The van der Waals surface area contributed by atoms with Crippen LogP contribution in [-0.2, 0) is 18.3 Å². The molecule has 0 fully saturated rings. The van der Waals surface area contributed by atoms with E-state index in [1.165, 1.54) is 6.33 Å². The van der Waals surface area contributed by atoms with E-state index >= 15 is 0 Å². The van der Waals surface area contributed by atoms with Gasteiger partial charge in [0.15, 0.2) is 0 Å². The minimum absolute atomic E-state index is 0.0218. The molecule has 0 aliphatic rings. The van der Waals surface area contributed by atoms with Crippen LogP contribution in [0.5, 0.6) is 0 Å². The second-order valence-electron chi connectivity index (χ2n) is 5.39. The number of rotatable bonds is 6. The number of aryl methyl sites for hydroxylation is 2. The molecule has 2 aromatic rings. The molecule has 0 bridgehead atoms. The van der Waals surface area contributed by atoms with Gasteiger partial charge in [0, 0.05) is 25.9 Å². The van der Waals surface area contributed by atoms with Crippen LogP contribution >= 0.6 is 0 Å². The molecule has 0 radical (unpaired) electrons. The standard InChI is InChI=1S/C15H21N5O/c1-11(2)14(15-17-10-18-20(15)3)19-13(21)5-4-12-6-8-16-9-7-12/h6-11,14H,4-5H2,1-3H3,(H,19,21)/t14-/m0/s1. The van der Waals surface area contributed by atoms with Crippen molar-refractivity contribution in [3.8, 4) is 0 Å². The van der Waals surface area contributed by atoms with Gasteiger partial charge < -0.3 is 5.32 Å². The minimum atomic E-state index is -0.123. The van der Waals surface area contributed by atoms with E-state index in [1.54, 1.807) is 17.1 Å². The summed E-state index contributed by atoms with van der Waals surface area (Å²) in [7, 11) is 1.83. The van der Waals surface area contributed by atoms with Crippen molar-refractivity contribution >= 4 is 5.91 Å². The lowest BCUT2D eigenvalue weighted by atomic mass is 10.0. The van der Waals surface area contributed by atoms with Crippen molar-refractivity contribution in [2.45, 2.75) is 32.7 Å². The number of nitrogens with one attached hydrogen (secondary N) is 1. The number of hydrogen-bond acceptors (Lipinski definition) is 4. The van der Waals surface area contributed by atoms with Crippen molar-refractivity contribution in [2.24, 2.45) is 13.0 Å². The number of nitrogens with zero attached hydrogens (tertiary/aromatic N) is 4. The number of hydrogen-bond donors (Lipinski definition) is 1. The summed E-state index contributed by atoms with van der Waals surface area (Å²) in [5, 5.41) is 7.12. The highest BCUT2D eigenvalue weighted by Gasteiger charge is 2.22. The van der Waals surface area contributed by atoms with Crippen LogP contribution in [-0.4, -0.2) is 25.7 Å². The van der Waals surface area contributed by atoms with Crippen molar-refractivity contribution in [3.05, 3.63) is 42.2 Å². The number of amides is 1. The van der Waals surface area contributed by atoms with Crippen LogP contribution in [0.3, 0.4) is 0 Å². The normalized spacial score (nSPS) is 12.4. The Bertz CT molecular complexity index is 579. The topological polar surface area (TPSA) is 72.7 Å². The number of carbonyl (C=O) groups is 1. The van der Waals surface area contributed by atoms with Gasteiger partial charge in [0.05, 0.1) is 6.04 Å². The van der Waals surface area contributed by atoms with E-state index in [1.807, 2.05) is 19.2 Å². The molecule has 0 aliphatic carbocycles. The van der Waals surface area contributed by atoms with E-state index in [4.69, 9.17) is 0 Å². The van der Waals surface area contributed by atoms with Gasteiger partial charge in [-0.25, -0.2) is 4.98 Å². The van der Waals surface area contributed by atoms with Gasteiger partial charge in [-0.15, -0.1) is 0 Å². The fourth-order valence-corrected chi connectivity index (χ4v) is 2.17. The Morgan fingerprint density at radius 3 is 2.62 bits per heavy atom. The molecule has 0 aromatic carbocycles. The molecule has 1 N–H and O–H groups in total. The van der Waals surface area contributed by atoms with Crippen molar-refractivity contribution in [1.82, 2.24) is 25.1 Å². The molecule has 0 saturated heterocycles. The van der Waals surface area contributed by atoms with Gasteiger partial charge in [-0.1, -0.05) is 13.8 Å². The lowest BCUT2D eigenvalue weighted by molar-refractivity contribution is -0.122. The SMILES string of the molecule is CC(C)[C@H](NC(=O)CCc1ccncc1)c1ncnn1C. The quantitative estimate of drug-likeness (QED) is 0.877. The molecule has 112 valence electrons. The predicted octanol–water partition coefficient (Wildman–Crippen LogP) is 1.66. The first-order valence-corrected chi connectivity index (χ1v) is 7.10. The molecular weight excluding hydrogens is 266 g/mol. The van der Waals surface area contributed by atoms with Gasteiger partial charge in [-0.3, -0.25) is 14.5 Å². The highest BCUT2D eigenvalue weighted by molar-refractivity contribution is 5.76. The lowest BCUT2D eigenvalue weighted by Gasteiger charge is -2.21. The zero-order valence-corrected chi connectivity index (χ0v) is 12.7. The van der Waals surface area contributed by atoms with E-state index in [2.05, 4.69) is 34.2 Å². The minimum Gasteiger partial charge on any atom is -0.346 e. The van der Waals surface area contributed by atoms with Crippen molar-refractivity contribution in [3.63, 3.8) is 0 Å². The fraction of sp³-hybridized carbons (Fsp3) is 0.467. The molecule has 0 saturated carbocycles. The zero-order valence-electron chi connectivity index (χ0n) is 12.7. The third-order valence-corrected chi connectivity index (χ3v) is 3.40. The molecule has 0 spiro atoms. The maximum absolute atomic E-state index is 12.2. The van der Waals surface area contributed by atoms with Crippen LogP contribution in [0.2, 0.25) is 0 Å². The Labute approximate surface area is 124 Å². The van der Waals surface area contributed by atoms with Gasteiger partial charge in [0.25, 0.3) is 0 Å². The monoisotopic (exact) mass is 287 g/mol. The molecule has 21 heavy (non-hydrogen) atoms. The molecule has 2 heterocycles. The van der Waals surface area contributed by atoms with Crippen LogP contribution in [0.25, 0.3) is 0 Å². The molecule has 1 amide bonds. The summed E-state index contributed by atoms with van der Waals surface area (Å²) in [5.74, 6) is 1.05. The Morgan fingerprint density at radius 2 is 2.05 bits per heavy atom. The summed E-state index contributed by atoms with van der Waals surface area (Å²) < 4.78 is 1.70. The maximum atomic E-state index is 12.2. The molecular formula is C15H21N5O. The number of carbonyl (C=O) groups excluding carboxylic acids is 1. The van der Waals surface area contributed by atoms with E-state index in [-0.39, 0.29) is 17.9 Å². The van der Waals surface area contributed by atoms with E-state index in [0.29, 0.717) is 12.8 Å². The summed E-state index contributed by atoms with van der Waals surface area (Å²) in [5.41, 5.74) is 1.11. The van der Waals surface area contributed by atoms with Crippen molar-refractivity contribution in [1.29, 1.82) is 0 Å². The summed E-state index contributed by atoms with van der Waals surface area (Å²) in [4.78, 5) is 20.4. The third kappa shape index (κ3) is 4.11. The second-order valence-corrected chi connectivity index (χ2v) is 5.39. The zero-order chi connectivity index (χ0) is 15.2. The van der Waals surface area contributed by atoms with Gasteiger partial charge in [0.1, 0.15) is 12.2 Å². The average molecular weight is 287 g/mol. The molecule has 1 atom stereocenters. The van der Waals surface area contributed by atoms with Gasteiger partial charge >= 0.3 is 0 Å². The van der Waals surface area contributed by atoms with Gasteiger partial charge in [-0.05, 0) is 30.0 Å². The van der Waals surface area contributed by atoms with E-state index in [0.717, 1.165) is 11.4 Å². The molecule has 6 heteroatoms. The average Bonchev–Trinajstić information content (AvgIpc) is 2.89. The van der Waals surface area contributed by atoms with Crippen molar-refractivity contribution < 1.29 is 4.79 Å². The Balaban J connectivity index is 1.95. The lowest BCUT2D eigenvalue weighted by Crippen LogP contribution is -2.33.